The summed E-state index contributed by atoms with van der Waals surface area (Å²) in [5, 5.41) is 2.17. The van der Waals surface area contributed by atoms with Crippen molar-refractivity contribution in [2.24, 2.45) is 0 Å². The lowest BCUT2D eigenvalue weighted by atomic mass is 10.1. The number of ether oxygens (including phenoxy) is 2. The fraction of sp³-hybridized carbons (Fsp3) is 0.143. The van der Waals surface area contributed by atoms with Crippen molar-refractivity contribution in [1.82, 2.24) is 5.32 Å². The summed E-state index contributed by atoms with van der Waals surface area (Å²) in [5.74, 6) is -1.56. The van der Waals surface area contributed by atoms with Crippen LogP contribution in [-0.2, 0) is 19.1 Å². The van der Waals surface area contributed by atoms with Crippen LogP contribution in [-0.4, -0.2) is 37.0 Å². The van der Waals surface area contributed by atoms with Gasteiger partial charge in [0.25, 0.3) is 11.8 Å². The summed E-state index contributed by atoms with van der Waals surface area (Å²) in [6.07, 6.45) is 1.38. The summed E-state index contributed by atoms with van der Waals surface area (Å²) >= 11 is 3.29. The number of hydrogen-bond acceptors (Lipinski definition) is 6. The van der Waals surface area contributed by atoms with E-state index in [9.17, 15) is 19.2 Å². The van der Waals surface area contributed by atoms with Gasteiger partial charge in [0.15, 0.2) is 6.61 Å². The molecule has 0 spiro atoms. The molecule has 0 aromatic heterocycles. The van der Waals surface area contributed by atoms with Gasteiger partial charge in [-0.1, -0.05) is 28.1 Å². The molecule has 0 saturated carbocycles. The first kappa shape index (κ1) is 21.3. The molecule has 2 aromatic rings. The minimum absolute atomic E-state index is 0.183. The smallest absolute Gasteiger partial charge is 0.344 e. The highest BCUT2D eigenvalue weighted by molar-refractivity contribution is 9.10. The van der Waals surface area contributed by atoms with E-state index in [0.717, 1.165) is 9.37 Å². The Hall–Kier alpha value is -3.46. The zero-order chi connectivity index (χ0) is 21.7. The Bertz CT molecular complexity index is 1010. The number of esters is 1. The molecular weight excluding hydrogens is 456 g/mol. The zero-order valence-corrected chi connectivity index (χ0v) is 17.5. The van der Waals surface area contributed by atoms with Crippen molar-refractivity contribution in [2.75, 3.05) is 18.1 Å². The minimum Gasteiger partial charge on any atom is -0.482 e. The van der Waals surface area contributed by atoms with Crippen LogP contribution in [0.5, 0.6) is 5.75 Å². The van der Waals surface area contributed by atoms with E-state index in [-0.39, 0.29) is 18.8 Å². The number of anilines is 1. The van der Waals surface area contributed by atoms with Crippen molar-refractivity contribution in [3.8, 4) is 5.75 Å². The SMILES string of the molecule is CCOC(=O)COc1ccc(/C=C2/C(=O)NC(=O)N(c3ccc(Br)cc3)C2=O)cc1. The van der Waals surface area contributed by atoms with Gasteiger partial charge in [0, 0.05) is 4.47 Å². The van der Waals surface area contributed by atoms with Crippen LogP contribution in [0.4, 0.5) is 10.5 Å². The predicted molar refractivity (Wildman–Crippen MR) is 112 cm³/mol. The van der Waals surface area contributed by atoms with Gasteiger partial charge in [0.05, 0.1) is 12.3 Å². The van der Waals surface area contributed by atoms with Crippen LogP contribution < -0.4 is 15.0 Å². The first-order valence-electron chi connectivity index (χ1n) is 8.94. The highest BCUT2D eigenvalue weighted by Gasteiger charge is 2.36. The van der Waals surface area contributed by atoms with Gasteiger partial charge in [-0.3, -0.25) is 14.9 Å². The van der Waals surface area contributed by atoms with Crippen LogP contribution in [0.25, 0.3) is 6.08 Å². The van der Waals surface area contributed by atoms with Crippen molar-refractivity contribution in [1.29, 1.82) is 0 Å². The second kappa shape index (κ2) is 9.36. The molecule has 3 rings (SSSR count). The van der Waals surface area contributed by atoms with Gasteiger partial charge in [-0.15, -0.1) is 0 Å². The van der Waals surface area contributed by atoms with E-state index in [0.29, 0.717) is 17.0 Å². The second-order valence-electron chi connectivity index (χ2n) is 6.10. The predicted octanol–water partition coefficient (Wildman–Crippen LogP) is 3.06. The summed E-state index contributed by atoms with van der Waals surface area (Å²) in [5.41, 5.74) is 0.696. The molecule has 1 heterocycles. The lowest BCUT2D eigenvalue weighted by Gasteiger charge is -2.26. The molecule has 1 saturated heterocycles. The van der Waals surface area contributed by atoms with Crippen LogP contribution >= 0.6 is 15.9 Å². The van der Waals surface area contributed by atoms with Gasteiger partial charge in [0.2, 0.25) is 0 Å². The third kappa shape index (κ3) is 4.93. The highest BCUT2D eigenvalue weighted by Crippen LogP contribution is 2.24. The molecule has 0 unspecified atom stereocenters. The van der Waals surface area contributed by atoms with Crippen molar-refractivity contribution in [2.45, 2.75) is 6.92 Å². The van der Waals surface area contributed by atoms with Gasteiger partial charge >= 0.3 is 12.0 Å². The Kier molecular flexibility index (Phi) is 6.63. The van der Waals surface area contributed by atoms with E-state index in [4.69, 9.17) is 9.47 Å². The molecule has 0 radical (unpaired) electrons. The lowest BCUT2D eigenvalue weighted by Crippen LogP contribution is -2.54. The summed E-state index contributed by atoms with van der Waals surface area (Å²) in [4.78, 5) is 49.5. The Morgan fingerprint density at radius 3 is 2.37 bits per heavy atom. The van der Waals surface area contributed by atoms with Crippen LogP contribution in [0.2, 0.25) is 0 Å². The second-order valence-corrected chi connectivity index (χ2v) is 7.01. The number of amides is 4. The molecule has 154 valence electrons. The molecule has 1 aliphatic heterocycles. The third-order valence-electron chi connectivity index (χ3n) is 4.04. The summed E-state index contributed by atoms with van der Waals surface area (Å²) in [7, 11) is 0. The highest BCUT2D eigenvalue weighted by atomic mass is 79.9. The van der Waals surface area contributed by atoms with E-state index < -0.39 is 23.8 Å². The van der Waals surface area contributed by atoms with Gasteiger partial charge in [-0.2, -0.15) is 0 Å². The van der Waals surface area contributed by atoms with Gasteiger partial charge in [-0.05, 0) is 55.0 Å². The molecule has 1 N–H and O–H groups in total. The summed E-state index contributed by atoms with van der Waals surface area (Å²) < 4.78 is 10.9. The largest absolute Gasteiger partial charge is 0.482 e. The monoisotopic (exact) mass is 472 g/mol. The van der Waals surface area contributed by atoms with Crippen LogP contribution in [0.3, 0.4) is 0 Å². The lowest BCUT2D eigenvalue weighted by molar-refractivity contribution is -0.145. The maximum Gasteiger partial charge on any atom is 0.344 e. The first-order chi connectivity index (χ1) is 14.4. The number of benzene rings is 2. The molecule has 0 atom stereocenters. The number of nitrogens with zero attached hydrogens (tertiary/aromatic N) is 1. The number of barbiturate groups is 1. The van der Waals surface area contributed by atoms with Crippen molar-refractivity contribution in [3.63, 3.8) is 0 Å². The van der Waals surface area contributed by atoms with E-state index in [1.165, 1.54) is 6.08 Å². The Morgan fingerprint density at radius 2 is 1.73 bits per heavy atom. The molecule has 9 heteroatoms. The van der Waals surface area contributed by atoms with Crippen molar-refractivity contribution >= 4 is 51.5 Å². The van der Waals surface area contributed by atoms with Crippen molar-refractivity contribution < 1.29 is 28.7 Å². The number of carbonyl (C=O) groups excluding carboxylic acids is 4. The van der Waals surface area contributed by atoms with Crippen molar-refractivity contribution in [3.05, 3.63) is 64.1 Å². The average molecular weight is 473 g/mol. The number of imide groups is 2. The minimum atomic E-state index is -0.813. The molecule has 2 aromatic carbocycles. The number of halogens is 1. The molecule has 4 amide bonds. The van der Waals surface area contributed by atoms with E-state index in [2.05, 4.69) is 21.2 Å². The standard InChI is InChI=1S/C21H17BrN2O6/c1-2-29-18(25)12-30-16-9-3-13(4-10-16)11-17-19(26)23-21(28)24(20(17)27)15-7-5-14(22)6-8-15/h3-11H,2,12H2,1H3,(H,23,26,28)/b17-11-. The van der Waals surface area contributed by atoms with Gasteiger partial charge < -0.3 is 9.47 Å². The Labute approximate surface area is 180 Å². The molecule has 30 heavy (non-hydrogen) atoms. The molecule has 1 fully saturated rings. The van der Waals surface area contributed by atoms with E-state index >= 15 is 0 Å². The number of urea groups is 1. The molecular formula is C21H17BrN2O6. The third-order valence-corrected chi connectivity index (χ3v) is 4.57. The fourth-order valence-corrected chi connectivity index (χ4v) is 2.92. The van der Waals surface area contributed by atoms with Crippen LogP contribution in [0, 0.1) is 0 Å². The fourth-order valence-electron chi connectivity index (χ4n) is 2.65. The number of rotatable bonds is 6. The van der Waals surface area contributed by atoms with Crippen LogP contribution in [0.1, 0.15) is 12.5 Å². The first-order valence-corrected chi connectivity index (χ1v) is 9.74. The average Bonchev–Trinajstić information content (AvgIpc) is 2.72. The van der Waals surface area contributed by atoms with Gasteiger partial charge in [0.1, 0.15) is 11.3 Å². The Balaban J connectivity index is 1.78. The summed E-state index contributed by atoms with van der Waals surface area (Å²) in [6, 6.07) is 12.2. The molecule has 8 nitrogen and oxygen atoms in total. The molecule has 1 aliphatic rings. The Morgan fingerprint density at radius 1 is 1.07 bits per heavy atom. The molecule has 0 bridgehead atoms. The number of carbonyl (C=O) groups is 4. The zero-order valence-electron chi connectivity index (χ0n) is 15.9. The quantitative estimate of drug-likeness (QED) is 0.393. The maximum atomic E-state index is 12.8. The maximum absolute atomic E-state index is 12.8. The number of hydrogen-bond donors (Lipinski definition) is 1. The van der Waals surface area contributed by atoms with E-state index in [1.807, 2.05) is 0 Å². The van der Waals surface area contributed by atoms with Crippen LogP contribution in [0.15, 0.2) is 58.6 Å². The normalized spacial score (nSPS) is 15.2. The van der Waals surface area contributed by atoms with Gasteiger partial charge in [-0.25, -0.2) is 14.5 Å². The topological polar surface area (TPSA) is 102 Å². The van der Waals surface area contributed by atoms with E-state index in [1.54, 1.807) is 55.5 Å². The number of nitrogens with one attached hydrogen (secondary N) is 1. The molecule has 0 aliphatic carbocycles. The summed E-state index contributed by atoms with van der Waals surface area (Å²) in [6.45, 7) is 1.75.